The van der Waals surface area contributed by atoms with Crippen LogP contribution in [-0.2, 0) is 11.3 Å². The van der Waals surface area contributed by atoms with Gasteiger partial charge in [-0.25, -0.2) is 0 Å². The minimum atomic E-state index is 0.200. The molecule has 1 aromatic heterocycles. The van der Waals surface area contributed by atoms with E-state index in [-0.39, 0.29) is 5.91 Å². The van der Waals surface area contributed by atoms with Crippen molar-refractivity contribution in [3.63, 3.8) is 0 Å². The molecule has 15 heavy (non-hydrogen) atoms. The highest BCUT2D eigenvalue weighted by Crippen LogP contribution is 2.20. The molecule has 5 heteroatoms. The lowest BCUT2D eigenvalue weighted by molar-refractivity contribution is -0.127. The minimum absolute atomic E-state index is 0.200. The lowest BCUT2D eigenvalue weighted by atomic mass is 10.4. The fraction of sp³-hybridized carbons (Fsp3) is 0.500. The van der Waals surface area contributed by atoms with E-state index in [1.165, 1.54) is 4.88 Å². The Hall–Kier alpha value is -0.0000000000000000833. The zero-order chi connectivity index (χ0) is 11.3. The van der Waals surface area contributed by atoms with E-state index < -0.39 is 0 Å². The van der Waals surface area contributed by atoms with Crippen LogP contribution in [0.1, 0.15) is 11.8 Å². The van der Waals surface area contributed by atoms with Crippen LogP contribution < -0.4 is 0 Å². The Balaban J connectivity index is 2.41. The molecule has 0 atom stereocenters. The van der Waals surface area contributed by atoms with Crippen molar-refractivity contribution in [3.8, 4) is 0 Å². The monoisotopic (exact) mass is 307 g/mol. The average molecular weight is 308 g/mol. The van der Waals surface area contributed by atoms with Crippen LogP contribution in [0.2, 0.25) is 0 Å². The Morgan fingerprint density at radius 1 is 1.67 bits per heavy atom. The third-order valence-corrected chi connectivity index (χ3v) is 4.41. The molecule has 2 nitrogen and oxygen atoms in total. The molecule has 1 rings (SSSR count). The number of amides is 1. The molecule has 0 saturated heterocycles. The van der Waals surface area contributed by atoms with Gasteiger partial charge in [-0.2, -0.15) is 11.8 Å². The predicted molar refractivity (Wildman–Crippen MR) is 71.5 cm³/mol. The van der Waals surface area contributed by atoms with Crippen LogP contribution in [0.25, 0.3) is 0 Å². The lowest BCUT2D eigenvalue weighted by Gasteiger charge is -2.15. The van der Waals surface area contributed by atoms with Gasteiger partial charge in [0.25, 0.3) is 0 Å². The summed E-state index contributed by atoms with van der Waals surface area (Å²) in [5.74, 6) is 1.77. The van der Waals surface area contributed by atoms with Crippen LogP contribution in [-0.4, -0.2) is 29.4 Å². The Kier molecular flexibility index (Phi) is 5.71. The van der Waals surface area contributed by atoms with E-state index in [0.29, 0.717) is 12.3 Å². The van der Waals surface area contributed by atoms with Crippen molar-refractivity contribution in [3.05, 3.63) is 20.8 Å². The van der Waals surface area contributed by atoms with Crippen molar-refractivity contribution in [2.45, 2.75) is 13.5 Å². The van der Waals surface area contributed by atoms with E-state index >= 15 is 0 Å². The standard InChI is InChI=1S/C10H14BrNOS2/c1-3-14-7-10(13)12(2)5-9-4-8(11)6-15-9/h4,6H,3,5,7H2,1-2H3. The van der Waals surface area contributed by atoms with Crippen molar-refractivity contribution in [1.82, 2.24) is 4.90 Å². The molecule has 0 aliphatic heterocycles. The first-order chi connectivity index (χ1) is 7.13. The summed E-state index contributed by atoms with van der Waals surface area (Å²) in [5.41, 5.74) is 0. The molecule has 0 fully saturated rings. The zero-order valence-corrected chi connectivity index (χ0v) is 12.0. The third kappa shape index (κ3) is 4.57. The summed E-state index contributed by atoms with van der Waals surface area (Å²) >= 11 is 6.74. The van der Waals surface area contributed by atoms with Gasteiger partial charge in [-0.3, -0.25) is 4.79 Å². The first-order valence-electron chi connectivity index (χ1n) is 4.68. The Bertz CT molecular complexity index is 327. The second-order valence-electron chi connectivity index (χ2n) is 3.12. The first kappa shape index (κ1) is 13.1. The van der Waals surface area contributed by atoms with Gasteiger partial charge in [0, 0.05) is 21.8 Å². The van der Waals surface area contributed by atoms with E-state index in [2.05, 4.69) is 28.9 Å². The van der Waals surface area contributed by atoms with Gasteiger partial charge >= 0.3 is 0 Å². The molecule has 0 aromatic carbocycles. The van der Waals surface area contributed by atoms with E-state index in [9.17, 15) is 4.79 Å². The second-order valence-corrected chi connectivity index (χ2v) is 6.30. The topological polar surface area (TPSA) is 20.3 Å². The largest absolute Gasteiger partial charge is 0.340 e. The molecule has 1 heterocycles. The fourth-order valence-electron chi connectivity index (χ4n) is 1.06. The number of rotatable bonds is 5. The van der Waals surface area contributed by atoms with E-state index in [1.54, 1.807) is 28.0 Å². The first-order valence-corrected chi connectivity index (χ1v) is 7.50. The van der Waals surface area contributed by atoms with Crippen LogP contribution in [0.5, 0.6) is 0 Å². The Morgan fingerprint density at radius 3 is 2.93 bits per heavy atom. The molecule has 0 unspecified atom stereocenters. The molecular weight excluding hydrogens is 294 g/mol. The van der Waals surface area contributed by atoms with Crippen LogP contribution in [0.3, 0.4) is 0 Å². The number of thiophene rings is 1. The summed E-state index contributed by atoms with van der Waals surface area (Å²) in [7, 11) is 1.85. The molecule has 0 N–H and O–H groups in total. The van der Waals surface area contributed by atoms with Gasteiger partial charge in [-0.05, 0) is 27.7 Å². The smallest absolute Gasteiger partial charge is 0.232 e. The molecular formula is C10H14BrNOS2. The number of halogens is 1. The molecule has 1 aromatic rings. The van der Waals surface area contributed by atoms with E-state index in [4.69, 9.17) is 0 Å². The van der Waals surface area contributed by atoms with Gasteiger partial charge in [0.05, 0.1) is 12.3 Å². The van der Waals surface area contributed by atoms with Gasteiger partial charge < -0.3 is 4.90 Å². The summed E-state index contributed by atoms with van der Waals surface area (Å²) in [6.45, 7) is 2.77. The van der Waals surface area contributed by atoms with Gasteiger partial charge in [0.15, 0.2) is 0 Å². The predicted octanol–water partition coefficient (Wildman–Crippen LogP) is 3.22. The molecule has 0 aliphatic rings. The number of hydrogen-bond donors (Lipinski definition) is 0. The Labute approximate surface area is 107 Å². The van der Waals surface area contributed by atoms with Crippen molar-refractivity contribution in [1.29, 1.82) is 0 Å². The second kappa shape index (κ2) is 6.55. The molecule has 0 saturated carbocycles. The van der Waals surface area contributed by atoms with Crippen LogP contribution >= 0.6 is 39.0 Å². The number of carbonyl (C=O) groups is 1. The SMILES string of the molecule is CCSCC(=O)N(C)Cc1cc(Br)cs1. The third-order valence-electron chi connectivity index (χ3n) is 1.87. The van der Waals surface area contributed by atoms with Gasteiger partial charge in [0.2, 0.25) is 5.91 Å². The molecule has 0 radical (unpaired) electrons. The van der Waals surface area contributed by atoms with Crippen LogP contribution in [0.4, 0.5) is 0 Å². The van der Waals surface area contributed by atoms with Crippen molar-refractivity contribution < 1.29 is 4.79 Å². The van der Waals surface area contributed by atoms with Crippen molar-refractivity contribution in [2.75, 3.05) is 18.6 Å². The molecule has 84 valence electrons. The highest BCUT2D eigenvalue weighted by Gasteiger charge is 2.09. The average Bonchev–Trinajstić information content (AvgIpc) is 2.60. The maximum atomic E-state index is 11.6. The summed E-state index contributed by atoms with van der Waals surface area (Å²) in [5, 5.41) is 2.04. The minimum Gasteiger partial charge on any atom is -0.340 e. The van der Waals surface area contributed by atoms with Crippen LogP contribution in [0, 0.1) is 0 Å². The van der Waals surface area contributed by atoms with E-state index in [0.717, 1.165) is 10.2 Å². The quantitative estimate of drug-likeness (QED) is 0.832. The summed E-state index contributed by atoms with van der Waals surface area (Å²) in [6, 6.07) is 2.06. The van der Waals surface area contributed by atoms with E-state index in [1.807, 2.05) is 12.4 Å². The molecule has 0 bridgehead atoms. The summed E-state index contributed by atoms with van der Waals surface area (Å²) in [4.78, 5) is 14.6. The highest BCUT2D eigenvalue weighted by molar-refractivity contribution is 9.10. The summed E-state index contributed by atoms with van der Waals surface area (Å²) in [6.07, 6.45) is 0. The lowest BCUT2D eigenvalue weighted by Crippen LogP contribution is -2.27. The van der Waals surface area contributed by atoms with Crippen molar-refractivity contribution in [2.24, 2.45) is 0 Å². The van der Waals surface area contributed by atoms with Crippen LogP contribution in [0.15, 0.2) is 15.9 Å². The highest BCUT2D eigenvalue weighted by atomic mass is 79.9. The van der Waals surface area contributed by atoms with Gasteiger partial charge in [0.1, 0.15) is 0 Å². The normalized spacial score (nSPS) is 10.3. The number of nitrogens with zero attached hydrogens (tertiary/aromatic N) is 1. The Morgan fingerprint density at radius 2 is 2.40 bits per heavy atom. The molecule has 0 aliphatic carbocycles. The molecule has 1 amide bonds. The number of hydrogen-bond acceptors (Lipinski definition) is 3. The van der Waals surface area contributed by atoms with Crippen molar-refractivity contribution >= 4 is 44.9 Å². The maximum Gasteiger partial charge on any atom is 0.232 e. The summed E-state index contributed by atoms with van der Waals surface area (Å²) < 4.78 is 1.09. The van der Waals surface area contributed by atoms with Gasteiger partial charge in [-0.1, -0.05) is 6.92 Å². The number of carbonyl (C=O) groups excluding carboxylic acids is 1. The maximum absolute atomic E-state index is 11.6. The van der Waals surface area contributed by atoms with Gasteiger partial charge in [-0.15, -0.1) is 11.3 Å². The fourth-order valence-corrected chi connectivity index (χ4v) is 3.16. The number of thioether (sulfide) groups is 1. The zero-order valence-electron chi connectivity index (χ0n) is 8.83. The molecule has 0 spiro atoms.